The van der Waals surface area contributed by atoms with Crippen LogP contribution in [-0.4, -0.2) is 38.7 Å². The number of cyclic esters (lactones) is 1. The van der Waals surface area contributed by atoms with Crippen molar-refractivity contribution < 1.29 is 13.9 Å². The minimum atomic E-state index is -0.518. The number of halogens is 1. The fourth-order valence-electron chi connectivity index (χ4n) is 3.67. The van der Waals surface area contributed by atoms with Gasteiger partial charge in [0.1, 0.15) is 16.9 Å². The molecule has 0 unspecified atom stereocenters. The predicted molar refractivity (Wildman–Crippen MR) is 120 cm³/mol. The van der Waals surface area contributed by atoms with Crippen LogP contribution in [0.25, 0.3) is 21.7 Å². The number of aromatic nitrogens is 4. The molecule has 1 saturated heterocycles. The second kappa shape index (κ2) is 8.80. The maximum Gasteiger partial charge on any atom is 0.414 e. The lowest BCUT2D eigenvalue weighted by atomic mass is 10.0. The maximum absolute atomic E-state index is 15.0. The fourth-order valence-corrected chi connectivity index (χ4v) is 4.49. The molecule has 1 atom stereocenters. The monoisotopic (exact) mass is 460 g/mol. The van der Waals surface area contributed by atoms with E-state index in [4.69, 9.17) is 10.00 Å². The number of nitrogens with zero attached hydrogens (tertiary/aromatic N) is 6. The highest BCUT2D eigenvalue weighted by Crippen LogP contribution is 2.31. The van der Waals surface area contributed by atoms with Gasteiger partial charge in [0.25, 0.3) is 0 Å². The molecule has 0 bridgehead atoms. The zero-order valence-corrected chi connectivity index (χ0v) is 18.1. The predicted octanol–water partition coefficient (Wildman–Crippen LogP) is 4.30. The highest BCUT2D eigenvalue weighted by molar-refractivity contribution is 7.13. The Morgan fingerprint density at radius 1 is 1.21 bits per heavy atom. The number of hydrogen-bond donors (Lipinski definition) is 0. The Labute approximate surface area is 192 Å². The van der Waals surface area contributed by atoms with Crippen LogP contribution in [0.2, 0.25) is 0 Å². The number of carbonyl (C=O) groups excluding carboxylic acids is 1. The molecular weight excluding hydrogens is 443 g/mol. The summed E-state index contributed by atoms with van der Waals surface area (Å²) in [5, 5.41) is 19.1. The van der Waals surface area contributed by atoms with Gasteiger partial charge in [0.2, 0.25) is 0 Å². The van der Waals surface area contributed by atoms with Crippen molar-refractivity contribution in [1.82, 2.24) is 20.0 Å². The normalized spacial score (nSPS) is 15.5. The van der Waals surface area contributed by atoms with Gasteiger partial charge in [-0.25, -0.2) is 18.9 Å². The molecule has 1 aliphatic heterocycles. The third-order valence-electron chi connectivity index (χ3n) is 5.26. The number of rotatable bonds is 6. The zero-order chi connectivity index (χ0) is 22.8. The number of anilines is 1. The molecule has 5 rings (SSSR count). The largest absolute Gasteiger partial charge is 0.442 e. The average molecular weight is 460 g/mol. The molecule has 164 valence electrons. The topological polar surface area (TPSA) is 96.9 Å². The van der Waals surface area contributed by atoms with Crippen LogP contribution in [0.4, 0.5) is 14.9 Å². The van der Waals surface area contributed by atoms with Gasteiger partial charge in [-0.1, -0.05) is 29.5 Å². The van der Waals surface area contributed by atoms with E-state index >= 15 is 0 Å². The summed E-state index contributed by atoms with van der Waals surface area (Å²) in [5.74, 6) is -0.432. The number of hydrogen-bond acceptors (Lipinski definition) is 7. The summed E-state index contributed by atoms with van der Waals surface area (Å²) in [4.78, 5) is 18.2. The molecule has 1 fully saturated rings. The standard InChI is InChI=1S/C23H17FN6O2S/c24-21-11-18(30-13-19(32-23(30)31)12-29-10-9-26-28-29)5-6-20(21)15-1-3-16(4-2-15)22-27-17(7-8-25)14-33-22/h1-6,9-11,14,19H,7,12-13H2/t19-/m0/s1. The Balaban J connectivity index is 1.31. The van der Waals surface area contributed by atoms with Crippen molar-refractivity contribution in [3.8, 4) is 27.8 Å². The van der Waals surface area contributed by atoms with Crippen LogP contribution in [0.15, 0.2) is 60.2 Å². The lowest BCUT2D eigenvalue weighted by molar-refractivity contribution is 0.129. The van der Waals surface area contributed by atoms with E-state index in [0.29, 0.717) is 29.9 Å². The van der Waals surface area contributed by atoms with Crippen LogP contribution in [0.1, 0.15) is 5.69 Å². The van der Waals surface area contributed by atoms with Crippen LogP contribution >= 0.6 is 11.3 Å². The van der Waals surface area contributed by atoms with Gasteiger partial charge in [0, 0.05) is 22.7 Å². The first-order chi connectivity index (χ1) is 16.1. The van der Waals surface area contributed by atoms with Crippen LogP contribution < -0.4 is 4.90 Å². The molecule has 0 radical (unpaired) electrons. The Hall–Kier alpha value is -4.10. The van der Waals surface area contributed by atoms with Gasteiger partial charge in [-0.05, 0) is 23.8 Å². The molecular formula is C23H17FN6O2S. The first-order valence-corrected chi connectivity index (χ1v) is 11.0. The van der Waals surface area contributed by atoms with Crippen LogP contribution in [0, 0.1) is 17.1 Å². The average Bonchev–Trinajstić information content (AvgIpc) is 3.57. The lowest BCUT2D eigenvalue weighted by Crippen LogP contribution is -2.26. The van der Waals surface area contributed by atoms with E-state index in [1.165, 1.54) is 22.3 Å². The van der Waals surface area contributed by atoms with Gasteiger partial charge in [0.15, 0.2) is 0 Å². The molecule has 0 saturated carbocycles. The molecule has 0 spiro atoms. The maximum atomic E-state index is 15.0. The van der Waals surface area contributed by atoms with Gasteiger partial charge in [0.05, 0.1) is 43.2 Å². The SMILES string of the molecule is N#CCc1csc(-c2ccc(-c3ccc(N4C[C@H](Cn5ccnn5)OC4=O)cc3F)cc2)n1. The van der Waals surface area contributed by atoms with Gasteiger partial charge in [-0.15, -0.1) is 16.4 Å². The number of ether oxygens (including phenoxy) is 1. The lowest BCUT2D eigenvalue weighted by Gasteiger charge is -2.14. The second-order valence-corrected chi connectivity index (χ2v) is 8.32. The number of amides is 1. The van der Waals surface area contributed by atoms with Crippen LogP contribution in [0.5, 0.6) is 0 Å². The summed E-state index contributed by atoms with van der Waals surface area (Å²) in [6.07, 6.45) is 2.61. The van der Waals surface area contributed by atoms with E-state index in [1.54, 1.807) is 29.2 Å². The van der Waals surface area contributed by atoms with Crippen molar-refractivity contribution in [3.63, 3.8) is 0 Å². The molecule has 4 aromatic rings. The number of thiazole rings is 1. The summed E-state index contributed by atoms with van der Waals surface area (Å²) in [7, 11) is 0. The van der Waals surface area contributed by atoms with Crippen LogP contribution in [-0.2, 0) is 17.7 Å². The summed E-state index contributed by atoms with van der Waals surface area (Å²) in [6.45, 7) is 0.681. The van der Waals surface area contributed by atoms with Gasteiger partial charge >= 0.3 is 6.09 Å². The van der Waals surface area contributed by atoms with Gasteiger partial charge in [-0.2, -0.15) is 5.26 Å². The van der Waals surface area contributed by atoms with Gasteiger partial charge in [-0.3, -0.25) is 4.90 Å². The number of benzene rings is 2. The second-order valence-electron chi connectivity index (χ2n) is 7.46. The molecule has 33 heavy (non-hydrogen) atoms. The molecule has 1 amide bonds. The first-order valence-electron chi connectivity index (χ1n) is 10.1. The van der Waals surface area contributed by atoms with Crippen molar-refractivity contribution >= 4 is 23.1 Å². The van der Waals surface area contributed by atoms with Crippen molar-refractivity contribution in [2.75, 3.05) is 11.4 Å². The third kappa shape index (κ3) is 4.31. The van der Waals surface area contributed by atoms with Crippen LogP contribution in [0.3, 0.4) is 0 Å². The van der Waals surface area contributed by atoms with E-state index < -0.39 is 18.0 Å². The third-order valence-corrected chi connectivity index (χ3v) is 6.20. The molecule has 10 heteroatoms. The molecule has 8 nitrogen and oxygen atoms in total. The van der Waals surface area contributed by atoms with Gasteiger partial charge < -0.3 is 4.74 Å². The smallest absolute Gasteiger partial charge is 0.414 e. The van der Waals surface area contributed by atoms with E-state index in [-0.39, 0.29) is 6.42 Å². The summed E-state index contributed by atoms with van der Waals surface area (Å²) < 4.78 is 22.0. The summed E-state index contributed by atoms with van der Waals surface area (Å²) in [6, 6.07) is 14.2. The summed E-state index contributed by atoms with van der Waals surface area (Å²) >= 11 is 1.47. The quantitative estimate of drug-likeness (QED) is 0.426. The molecule has 2 aromatic heterocycles. The Kier molecular flexibility index (Phi) is 5.54. The molecule has 0 N–H and O–H groups in total. The van der Waals surface area contributed by atoms with E-state index in [1.807, 2.05) is 29.6 Å². The molecule has 2 aromatic carbocycles. The summed E-state index contributed by atoms with van der Waals surface area (Å²) in [5.41, 5.74) is 3.23. The highest BCUT2D eigenvalue weighted by Gasteiger charge is 2.33. The van der Waals surface area contributed by atoms with E-state index in [9.17, 15) is 9.18 Å². The Bertz CT molecular complexity index is 1330. The zero-order valence-electron chi connectivity index (χ0n) is 17.3. The van der Waals surface area contributed by atoms with Crippen molar-refractivity contribution in [2.24, 2.45) is 0 Å². The minimum Gasteiger partial charge on any atom is -0.442 e. The van der Waals surface area contributed by atoms with E-state index in [2.05, 4.69) is 21.4 Å². The van der Waals surface area contributed by atoms with E-state index in [0.717, 1.165) is 16.3 Å². The Morgan fingerprint density at radius 2 is 2.03 bits per heavy atom. The van der Waals surface area contributed by atoms with Crippen molar-refractivity contribution in [3.05, 3.63) is 71.7 Å². The van der Waals surface area contributed by atoms with Crippen molar-refractivity contribution in [2.45, 2.75) is 19.1 Å². The van der Waals surface area contributed by atoms with Crippen molar-refractivity contribution in [1.29, 1.82) is 5.26 Å². The number of nitriles is 1. The molecule has 1 aliphatic rings. The number of carbonyl (C=O) groups is 1. The fraction of sp³-hybridized carbons (Fsp3) is 0.174. The first kappa shape index (κ1) is 20.8. The molecule has 3 heterocycles. The highest BCUT2D eigenvalue weighted by atomic mass is 32.1. The minimum absolute atomic E-state index is 0.276. The Morgan fingerprint density at radius 3 is 2.76 bits per heavy atom. The molecule has 0 aliphatic carbocycles.